The Morgan fingerprint density at radius 2 is 2.00 bits per heavy atom. The number of fused-ring (bicyclic) bond motifs is 2. The lowest BCUT2D eigenvalue weighted by Crippen LogP contribution is -1.93. The zero-order valence-electron chi connectivity index (χ0n) is 9.57. The highest BCUT2D eigenvalue weighted by Gasteiger charge is 2.13. The SMILES string of the molecule is COc1ccc2c(c1)OCc1ccccc1N2. The normalized spacial score (nSPS) is 12.5. The van der Waals surface area contributed by atoms with Crippen LogP contribution in [-0.4, -0.2) is 7.11 Å². The lowest BCUT2D eigenvalue weighted by atomic mass is 10.2. The first-order valence-electron chi connectivity index (χ1n) is 5.52. The highest BCUT2D eigenvalue weighted by molar-refractivity contribution is 5.70. The number of para-hydroxylation sites is 1. The van der Waals surface area contributed by atoms with E-state index in [1.807, 2.05) is 30.3 Å². The summed E-state index contributed by atoms with van der Waals surface area (Å²) in [6, 6.07) is 13.9. The van der Waals surface area contributed by atoms with Gasteiger partial charge in [-0.2, -0.15) is 0 Å². The van der Waals surface area contributed by atoms with Gasteiger partial charge >= 0.3 is 0 Å². The molecule has 17 heavy (non-hydrogen) atoms. The third-order valence-corrected chi connectivity index (χ3v) is 2.86. The summed E-state index contributed by atoms with van der Waals surface area (Å²) in [7, 11) is 1.65. The van der Waals surface area contributed by atoms with E-state index in [0.29, 0.717) is 6.61 Å². The predicted octanol–water partition coefficient (Wildman–Crippen LogP) is 3.33. The summed E-state index contributed by atoms with van der Waals surface area (Å²) >= 11 is 0. The molecule has 1 N–H and O–H groups in total. The van der Waals surface area contributed by atoms with E-state index in [4.69, 9.17) is 9.47 Å². The molecular weight excluding hydrogens is 214 g/mol. The largest absolute Gasteiger partial charge is 0.497 e. The molecule has 3 nitrogen and oxygen atoms in total. The Morgan fingerprint density at radius 3 is 2.88 bits per heavy atom. The van der Waals surface area contributed by atoms with Crippen LogP contribution in [0.5, 0.6) is 11.5 Å². The van der Waals surface area contributed by atoms with Crippen LogP contribution in [0.15, 0.2) is 42.5 Å². The van der Waals surface area contributed by atoms with Crippen LogP contribution >= 0.6 is 0 Å². The fourth-order valence-corrected chi connectivity index (χ4v) is 1.92. The second kappa shape index (κ2) is 4.01. The molecule has 0 bridgehead atoms. The van der Waals surface area contributed by atoms with Gasteiger partial charge in [-0.05, 0) is 18.2 Å². The monoisotopic (exact) mass is 227 g/mol. The zero-order chi connectivity index (χ0) is 11.7. The summed E-state index contributed by atoms with van der Waals surface area (Å²) < 4.78 is 11.0. The van der Waals surface area contributed by atoms with Crippen LogP contribution in [0.1, 0.15) is 5.56 Å². The summed E-state index contributed by atoms with van der Waals surface area (Å²) in [6.07, 6.45) is 0. The number of benzene rings is 2. The van der Waals surface area contributed by atoms with Crippen LogP contribution in [0.2, 0.25) is 0 Å². The second-order valence-electron chi connectivity index (χ2n) is 3.93. The third kappa shape index (κ3) is 1.80. The molecule has 0 saturated carbocycles. The standard InChI is InChI=1S/C14H13NO2/c1-16-11-6-7-13-14(8-11)17-9-10-4-2-3-5-12(10)15-13/h2-8,15H,9H2,1H3. The Hall–Kier alpha value is -2.16. The molecule has 0 fully saturated rings. The summed E-state index contributed by atoms with van der Waals surface area (Å²) in [6.45, 7) is 0.573. The van der Waals surface area contributed by atoms with Gasteiger partial charge in [0.2, 0.25) is 0 Å². The van der Waals surface area contributed by atoms with Gasteiger partial charge in [-0.15, -0.1) is 0 Å². The molecule has 0 spiro atoms. The molecule has 1 aliphatic heterocycles. The summed E-state index contributed by atoms with van der Waals surface area (Å²) in [5, 5.41) is 3.37. The van der Waals surface area contributed by atoms with E-state index < -0.39 is 0 Å². The van der Waals surface area contributed by atoms with Crippen molar-refractivity contribution in [2.75, 3.05) is 12.4 Å². The highest BCUT2D eigenvalue weighted by Crippen LogP contribution is 2.36. The maximum Gasteiger partial charge on any atom is 0.146 e. The quantitative estimate of drug-likeness (QED) is 0.810. The summed E-state index contributed by atoms with van der Waals surface area (Å²) in [5.74, 6) is 1.62. The summed E-state index contributed by atoms with van der Waals surface area (Å²) in [4.78, 5) is 0. The van der Waals surface area contributed by atoms with Gasteiger partial charge in [0.15, 0.2) is 0 Å². The topological polar surface area (TPSA) is 30.5 Å². The van der Waals surface area contributed by atoms with Crippen LogP contribution in [0, 0.1) is 0 Å². The average Bonchev–Trinajstić information content (AvgIpc) is 2.57. The molecule has 0 atom stereocenters. The van der Waals surface area contributed by atoms with Crippen molar-refractivity contribution in [1.29, 1.82) is 0 Å². The van der Waals surface area contributed by atoms with Crippen molar-refractivity contribution >= 4 is 11.4 Å². The van der Waals surface area contributed by atoms with Crippen LogP contribution in [-0.2, 0) is 6.61 Å². The van der Waals surface area contributed by atoms with E-state index >= 15 is 0 Å². The van der Waals surface area contributed by atoms with Gasteiger partial charge in [-0.1, -0.05) is 18.2 Å². The molecule has 0 aliphatic carbocycles. The van der Waals surface area contributed by atoms with Crippen molar-refractivity contribution in [3.63, 3.8) is 0 Å². The molecule has 3 heteroatoms. The molecule has 1 heterocycles. The number of anilines is 2. The fraction of sp³-hybridized carbons (Fsp3) is 0.143. The molecule has 0 unspecified atom stereocenters. The maximum absolute atomic E-state index is 5.77. The Morgan fingerprint density at radius 1 is 1.12 bits per heavy atom. The maximum atomic E-state index is 5.77. The zero-order valence-corrected chi connectivity index (χ0v) is 9.57. The Bertz CT molecular complexity index is 552. The molecule has 2 aromatic rings. The van der Waals surface area contributed by atoms with Crippen molar-refractivity contribution < 1.29 is 9.47 Å². The van der Waals surface area contributed by atoms with Gasteiger partial charge in [0.05, 0.1) is 12.8 Å². The number of hydrogen-bond acceptors (Lipinski definition) is 3. The molecule has 2 aromatic carbocycles. The van der Waals surface area contributed by atoms with Crippen LogP contribution in [0.25, 0.3) is 0 Å². The van der Waals surface area contributed by atoms with Crippen molar-refractivity contribution in [2.24, 2.45) is 0 Å². The Kier molecular flexibility index (Phi) is 2.37. The van der Waals surface area contributed by atoms with E-state index in [1.54, 1.807) is 7.11 Å². The smallest absolute Gasteiger partial charge is 0.146 e. The van der Waals surface area contributed by atoms with Crippen LogP contribution in [0.3, 0.4) is 0 Å². The molecular formula is C14H13NO2. The fourth-order valence-electron chi connectivity index (χ4n) is 1.92. The molecule has 0 saturated heterocycles. The number of rotatable bonds is 1. The number of hydrogen-bond donors (Lipinski definition) is 1. The summed E-state index contributed by atoms with van der Waals surface area (Å²) in [5.41, 5.74) is 3.22. The van der Waals surface area contributed by atoms with E-state index in [2.05, 4.69) is 17.4 Å². The predicted molar refractivity (Wildman–Crippen MR) is 67.1 cm³/mol. The van der Waals surface area contributed by atoms with Gasteiger partial charge in [0, 0.05) is 17.3 Å². The van der Waals surface area contributed by atoms with Gasteiger partial charge in [0.1, 0.15) is 18.1 Å². The van der Waals surface area contributed by atoms with Crippen molar-refractivity contribution in [3.8, 4) is 11.5 Å². The van der Waals surface area contributed by atoms with Crippen molar-refractivity contribution in [2.45, 2.75) is 6.61 Å². The van der Waals surface area contributed by atoms with E-state index in [9.17, 15) is 0 Å². The second-order valence-corrected chi connectivity index (χ2v) is 3.93. The van der Waals surface area contributed by atoms with Gasteiger partial charge in [-0.25, -0.2) is 0 Å². The van der Waals surface area contributed by atoms with Crippen LogP contribution < -0.4 is 14.8 Å². The van der Waals surface area contributed by atoms with Gasteiger partial charge < -0.3 is 14.8 Å². The average molecular weight is 227 g/mol. The van der Waals surface area contributed by atoms with E-state index in [0.717, 1.165) is 28.4 Å². The number of nitrogens with one attached hydrogen (secondary N) is 1. The van der Waals surface area contributed by atoms with Crippen LogP contribution in [0.4, 0.5) is 11.4 Å². The Labute approximate surface area is 100.0 Å². The minimum absolute atomic E-state index is 0.573. The molecule has 1 aliphatic rings. The first-order valence-corrected chi connectivity index (χ1v) is 5.52. The first-order chi connectivity index (χ1) is 8.36. The molecule has 0 radical (unpaired) electrons. The van der Waals surface area contributed by atoms with E-state index in [1.165, 1.54) is 0 Å². The molecule has 0 aromatic heterocycles. The molecule has 3 rings (SSSR count). The van der Waals surface area contributed by atoms with Gasteiger partial charge in [-0.3, -0.25) is 0 Å². The van der Waals surface area contributed by atoms with Crippen molar-refractivity contribution in [3.05, 3.63) is 48.0 Å². The third-order valence-electron chi connectivity index (χ3n) is 2.86. The first kappa shape index (κ1) is 10.0. The Balaban J connectivity index is 2.03. The van der Waals surface area contributed by atoms with Gasteiger partial charge in [0.25, 0.3) is 0 Å². The van der Waals surface area contributed by atoms with E-state index in [-0.39, 0.29) is 0 Å². The lowest BCUT2D eigenvalue weighted by molar-refractivity contribution is 0.308. The lowest BCUT2D eigenvalue weighted by Gasteiger charge is -2.09. The minimum Gasteiger partial charge on any atom is -0.497 e. The highest BCUT2D eigenvalue weighted by atomic mass is 16.5. The number of methoxy groups -OCH3 is 1. The minimum atomic E-state index is 0.573. The molecule has 0 amide bonds. The van der Waals surface area contributed by atoms with Crippen molar-refractivity contribution in [1.82, 2.24) is 0 Å². The number of ether oxygens (including phenoxy) is 2. The molecule has 86 valence electrons.